The molecule has 1 N–H and O–H groups in total. The summed E-state index contributed by atoms with van der Waals surface area (Å²) in [7, 11) is 0. The van der Waals surface area contributed by atoms with Crippen molar-refractivity contribution in [2.45, 2.75) is 39.0 Å². The summed E-state index contributed by atoms with van der Waals surface area (Å²) in [6.45, 7) is 3.06. The molecule has 0 spiro atoms. The van der Waals surface area contributed by atoms with Crippen molar-refractivity contribution >= 4 is 33.4 Å². The van der Waals surface area contributed by atoms with Gasteiger partial charge in [-0.1, -0.05) is 37.8 Å². The Morgan fingerprint density at radius 1 is 1.30 bits per heavy atom. The molecule has 0 aromatic heterocycles. The van der Waals surface area contributed by atoms with E-state index in [1.807, 2.05) is 0 Å². The van der Waals surface area contributed by atoms with Gasteiger partial charge in [-0.15, -0.1) is 0 Å². The van der Waals surface area contributed by atoms with Crippen LogP contribution in [0.1, 0.15) is 49.4 Å². The average Bonchev–Trinajstić information content (AvgIpc) is 2.48. The summed E-state index contributed by atoms with van der Waals surface area (Å²) in [5.41, 5.74) is 0.656. The molecule has 0 aliphatic heterocycles. The fourth-order valence-electron chi connectivity index (χ4n) is 2.82. The zero-order chi connectivity index (χ0) is 14.5. The molecule has 0 radical (unpaired) electrons. The molecule has 2 nitrogen and oxygen atoms in total. The number of hydrogen-bond donors (Lipinski definition) is 1. The molecule has 0 bridgehead atoms. The lowest BCUT2D eigenvalue weighted by Crippen LogP contribution is -2.31. The normalized spacial score (nSPS) is 22.6. The van der Waals surface area contributed by atoms with E-state index in [0.29, 0.717) is 16.5 Å². The van der Waals surface area contributed by atoms with Crippen LogP contribution in [-0.4, -0.2) is 12.5 Å². The highest BCUT2D eigenvalue weighted by Crippen LogP contribution is 2.30. The van der Waals surface area contributed by atoms with Crippen molar-refractivity contribution in [3.63, 3.8) is 0 Å². The summed E-state index contributed by atoms with van der Waals surface area (Å²) in [5.74, 6) is 1.52. The van der Waals surface area contributed by atoms with Crippen LogP contribution in [0.3, 0.4) is 0 Å². The van der Waals surface area contributed by atoms with Gasteiger partial charge in [0.15, 0.2) is 0 Å². The van der Waals surface area contributed by atoms with Crippen molar-refractivity contribution in [1.82, 2.24) is 5.32 Å². The first-order valence-corrected chi connectivity index (χ1v) is 8.50. The maximum Gasteiger partial charge on any atom is 0.251 e. The second-order valence-electron chi connectivity index (χ2n) is 5.63. The molecule has 1 amide bonds. The van der Waals surface area contributed by atoms with Gasteiger partial charge < -0.3 is 5.32 Å². The first-order valence-electron chi connectivity index (χ1n) is 7.33. The van der Waals surface area contributed by atoms with Gasteiger partial charge in [-0.3, -0.25) is 4.79 Å². The maximum absolute atomic E-state index is 12.1. The zero-order valence-corrected chi connectivity index (χ0v) is 14.1. The minimum Gasteiger partial charge on any atom is -0.352 e. The molecule has 20 heavy (non-hydrogen) atoms. The SMILES string of the molecule is CCC1CCC(CNC(=O)c2ccc(Cl)c(Br)c2)CC1. The lowest BCUT2D eigenvalue weighted by atomic mass is 9.81. The van der Waals surface area contributed by atoms with E-state index in [0.717, 1.165) is 16.9 Å². The molecule has 4 heteroatoms. The van der Waals surface area contributed by atoms with E-state index in [9.17, 15) is 4.79 Å². The molecule has 0 unspecified atom stereocenters. The van der Waals surface area contributed by atoms with E-state index >= 15 is 0 Å². The lowest BCUT2D eigenvalue weighted by Gasteiger charge is -2.27. The van der Waals surface area contributed by atoms with Crippen molar-refractivity contribution < 1.29 is 4.79 Å². The summed E-state index contributed by atoms with van der Waals surface area (Å²) >= 11 is 9.28. The quantitative estimate of drug-likeness (QED) is 0.802. The standard InChI is InChI=1S/C16H21BrClNO/c1-2-11-3-5-12(6-4-11)10-19-16(20)13-7-8-15(18)14(17)9-13/h7-9,11-12H,2-6,10H2,1H3,(H,19,20). The molecule has 1 fully saturated rings. The van der Waals surface area contributed by atoms with Gasteiger partial charge in [0.25, 0.3) is 5.91 Å². The summed E-state index contributed by atoms with van der Waals surface area (Å²) in [6.07, 6.45) is 6.39. The van der Waals surface area contributed by atoms with Crippen LogP contribution in [0.25, 0.3) is 0 Å². The van der Waals surface area contributed by atoms with Gasteiger partial charge in [0.1, 0.15) is 0 Å². The highest BCUT2D eigenvalue weighted by molar-refractivity contribution is 9.10. The number of benzene rings is 1. The average molecular weight is 359 g/mol. The molecular weight excluding hydrogens is 338 g/mol. The summed E-state index contributed by atoms with van der Waals surface area (Å²) < 4.78 is 0.760. The van der Waals surface area contributed by atoms with Crippen LogP contribution in [0.4, 0.5) is 0 Å². The highest BCUT2D eigenvalue weighted by atomic mass is 79.9. The van der Waals surface area contributed by atoms with Crippen LogP contribution < -0.4 is 5.32 Å². The van der Waals surface area contributed by atoms with Gasteiger partial charge in [0.05, 0.1) is 5.02 Å². The summed E-state index contributed by atoms with van der Waals surface area (Å²) in [4.78, 5) is 12.1. The largest absolute Gasteiger partial charge is 0.352 e. The smallest absolute Gasteiger partial charge is 0.251 e. The van der Waals surface area contributed by atoms with Gasteiger partial charge >= 0.3 is 0 Å². The van der Waals surface area contributed by atoms with E-state index in [1.165, 1.54) is 32.1 Å². The Morgan fingerprint density at radius 2 is 1.95 bits per heavy atom. The third-order valence-electron chi connectivity index (χ3n) is 4.28. The van der Waals surface area contributed by atoms with Crippen molar-refractivity contribution in [3.05, 3.63) is 33.3 Å². The zero-order valence-electron chi connectivity index (χ0n) is 11.8. The van der Waals surface area contributed by atoms with E-state index in [-0.39, 0.29) is 5.91 Å². The molecule has 1 aromatic rings. The van der Waals surface area contributed by atoms with Gasteiger partial charge in [0, 0.05) is 16.6 Å². The Balaban J connectivity index is 1.82. The van der Waals surface area contributed by atoms with E-state index in [4.69, 9.17) is 11.6 Å². The Morgan fingerprint density at radius 3 is 2.55 bits per heavy atom. The highest BCUT2D eigenvalue weighted by Gasteiger charge is 2.20. The third kappa shape index (κ3) is 4.23. The minimum atomic E-state index is -0.0139. The van der Waals surface area contributed by atoms with Gasteiger partial charge in [-0.2, -0.15) is 0 Å². The Bertz CT molecular complexity index is 470. The predicted octanol–water partition coefficient (Wildman–Crippen LogP) is 5.05. The Hall–Kier alpha value is -0.540. The van der Waals surface area contributed by atoms with E-state index < -0.39 is 0 Å². The molecule has 1 aromatic carbocycles. The number of amides is 1. The summed E-state index contributed by atoms with van der Waals surface area (Å²) in [5, 5.41) is 3.67. The van der Waals surface area contributed by atoms with Gasteiger partial charge in [-0.05, 0) is 58.8 Å². The van der Waals surface area contributed by atoms with Crippen LogP contribution in [-0.2, 0) is 0 Å². The molecule has 0 saturated heterocycles. The van der Waals surface area contributed by atoms with E-state index in [1.54, 1.807) is 18.2 Å². The Kier molecular flexibility index (Phi) is 5.91. The van der Waals surface area contributed by atoms with Crippen LogP contribution >= 0.6 is 27.5 Å². The third-order valence-corrected chi connectivity index (χ3v) is 5.49. The number of rotatable bonds is 4. The monoisotopic (exact) mass is 357 g/mol. The number of carbonyl (C=O) groups excluding carboxylic acids is 1. The molecule has 1 saturated carbocycles. The number of halogens is 2. The van der Waals surface area contributed by atoms with Gasteiger partial charge in [0.2, 0.25) is 0 Å². The number of carbonyl (C=O) groups is 1. The number of hydrogen-bond acceptors (Lipinski definition) is 1. The lowest BCUT2D eigenvalue weighted by molar-refractivity contribution is 0.0941. The van der Waals surface area contributed by atoms with Crippen LogP contribution in [0, 0.1) is 11.8 Å². The molecular formula is C16H21BrClNO. The molecule has 0 heterocycles. The van der Waals surface area contributed by atoms with Gasteiger partial charge in [-0.25, -0.2) is 0 Å². The first-order chi connectivity index (χ1) is 9.60. The van der Waals surface area contributed by atoms with Crippen molar-refractivity contribution in [3.8, 4) is 0 Å². The minimum absolute atomic E-state index is 0.0139. The fourth-order valence-corrected chi connectivity index (χ4v) is 3.32. The molecule has 110 valence electrons. The van der Waals surface area contributed by atoms with E-state index in [2.05, 4.69) is 28.2 Å². The van der Waals surface area contributed by atoms with Crippen LogP contribution in [0.15, 0.2) is 22.7 Å². The van der Waals surface area contributed by atoms with Crippen LogP contribution in [0.5, 0.6) is 0 Å². The first kappa shape index (κ1) is 15.8. The Labute approximate surface area is 134 Å². The molecule has 1 aliphatic rings. The fraction of sp³-hybridized carbons (Fsp3) is 0.562. The second kappa shape index (κ2) is 7.46. The van der Waals surface area contributed by atoms with Crippen molar-refractivity contribution in [2.75, 3.05) is 6.54 Å². The topological polar surface area (TPSA) is 29.1 Å². The second-order valence-corrected chi connectivity index (χ2v) is 6.90. The van der Waals surface area contributed by atoms with Crippen LogP contribution in [0.2, 0.25) is 5.02 Å². The number of nitrogens with one attached hydrogen (secondary N) is 1. The molecule has 0 atom stereocenters. The molecule has 1 aliphatic carbocycles. The summed E-state index contributed by atoms with van der Waals surface area (Å²) in [6, 6.07) is 5.27. The van der Waals surface area contributed by atoms with Crippen molar-refractivity contribution in [1.29, 1.82) is 0 Å². The predicted molar refractivity (Wildman–Crippen MR) is 87.2 cm³/mol. The molecule has 2 rings (SSSR count). The van der Waals surface area contributed by atoms with Crippen molar-refractivity contribution in [2.24, 2.45) is 11.8 Å². The maximum atomic E-state index is 12.1.